The van der Waals surface area contributed by atoms with Crippen molar-refractivity contribution in [1.82, 2.24) is 14.6 Å². The average molecular weight is 378 g/mol. The zero-order valence-corrected chi connectivity index (χ0v) is 14.8. The Bertz CT molecular complexity index is 904. The van der Waals surface area contributed by atoms with Gasteiger partial charge in [-0.2, -0.15) is 4.31 Å². The SMILES string of the molecule is COc1ccc(S(=O)(=O)N2CCNCC2c2cccnc2)c([N+](=O)[O-])c1. The quantitative estimate of drug-likeness (QED) is 0.616. The molecule has 1 saturated heterocycles. The summed E-state index contributed by atoms with van der Waals surface area (Å²) in [6, 6.07) is 6.76. The molecule has 3 rings (SSSR count). The smallest absolute Gasteiger partial charge is 0.293 e. The number of nitrogens with zero attached hydrogens (tertiary/aromatic N) is 3. The highest BCUT2D eigenvalue weighted by molar-refractivity contribution is 7.89. The summed E-state index contributed by atoms with van der Waals surface area (Å²) >= 11 is 0. The van der Waals surface area contributed by atoms with Crippen molar-refractivity contribution in [1.29, 1.82) is 0 Å². The van der Waals surface area contributed by atoms with Gasteiger partial charge < -0.3 is 10.1 Å². The predicted molar refractivity (Wildman–Crippen MR) is 93.4 cm³/mol. The first-order valence-electron chi connectivity index (χ1n) is 7.90. The first-order chi connectivity index (χ1) is 12.4. The summed E-state index contributed by atoms with van der Waals surface area (Å²) in [6.45, 7) is 1.06. The van der Waals surface area contributed by atoms with Crippen LogP contribution in [-0.2, 0) is 10.0 Å². The highest BCUT2D eigenvalue weighted by Gasteiger charge is 2.38. The lowest BCUT2D eigenvalue weighted by Gasteiger charge is -2.35. The van der Waals surface area contributed by atoms with Gasteiger partial charge in [-0.25, -0.2) is 8.42 Å². The molecule has 1 fully saturated rings. The second kappa shape index (κ2) is 7.36. The molecule has 0 spiro atoms. The Kier molecular flexibility index (Phi) is 5.16. The normalized spacial score (nSPS) is 18.4. The number of hydrogen-bond acceptors (Lipinski definition) is 7. The second-order valence-electron chi connectivity index (χ2n) is 5.71. The molecular formula is C16H18N4O5S. The molecule has 0 aliphatic carbocycles. The number of sulfonamides is 1. The number of methoxy groups -OCH3 is 1. The Morgan fingerprint density at radius 1 is 1.38 bits per heavy atom. The van der Waals surface area contributed by atoms with Crippen molar-refractivity contribution < 1.29 is 18.1 Å². The Labute approximate surface area is 150 Å². The van der Waals surface area contributed by atoms with Crippen molar-refractivity contribution in [3.63, 3.8) is 0 Å². The molecule has 26 heavy (non-hydrogen) atoms. The summed E-state index contributed by atoms with van der Waals surface area (Å²) in [5.41, 5.74) is 0.215. The number of ether oxygens (including phenoxy) is 1. The van der Waals surface area contributed by atoms with Crippen LogP contribution in [0.1, 0.15) is 11.6 Å². The van der Waals surface area contributed by atoms with E-state index in [1.807, 2.05) is 0 Å². The fourth-order valence-corrected chi connectivity index (χ4v) is 4.70. The number of nitro benzene ring substituents is 1. The minimum Gasteiger partial charge on any atom is -0.497 e. The molecule has 1 aromatic heterocycles. The van der Waals surface area contributed by atoms with Crippen LogP contribution in [0.5, 0.6) is 5.75 Å². The van der Waals surface area contributed by atoms with Gasteiger partial charge in [0, 0.05) is 32.0 Å². The lowest BCUT2D eigenvalue weighted by Crippen LogP contribution is -2.48. The van der Waals surface area contributed by atoms with Crippen LogP contribution in [0.2, 0.25) is 0 Å². The zero-order chi connectivity index (χ0) is 18.7. The maximum absolute atomic E-state index is 13.2. The van der Waals surface area contributed by atoms with Crippen LogP contribution < -0.4 is 10.1 Å². The Balaban J connectivity index is 2.07. The van der Waals surface area contributed by atoms with Gasteiger partial charge in [0.1, 0.15) is 5.75 Å². The lowest BCUT2D eigenvalue weighted by atomic mass is 10.1. The van der Waals surface area contributed by atoms with E-state index >= 15 is 0 Å². The first kappa shape index (κ1) is 18.2. The Hall–Kier alpha value is -2.56. The summed E-state index contributed by atoms with van der Waals surface area (Å²) < 4.78 is 32.7. The minimum atomic E-state index is -4.09. The minimum absolute atomic E-state index is 0.199. The van der Waals surface area contributed by atoms with Crippen LogP contribution in [0.25, 0.3) is 0 Å². The van der Waals surface area contributed by atoms with Crippen LogP contribution in [0.3, 0.4) is 0 Å². The van der Waals surface area contributed by atoms with E-state index in [0.717, 1.165) is 11.6 Å². The number of aromatic nitrogens is 1. The molecule has 2 heterocycles. The van der Waals surface area contributed by atoms with Crippen molar-refractivity contribution in [3.8, 4) is 5.75 Å². The van der Waals surface area contributed by atoms with E-state index in [2.05, 4.69) is 10.3 Å². The van der Waals surface area contributed by atoms with Gasteiger partial charge in [0.05, 0.1) is 24.1 Å². The van der Waals surface area contributed by atoms with E-state index in [9.17, 15) is 18.5 Å². The molecule has 1 unspecified atom stereocenters. The number of piperazine rings is 1. The van der Waals surface area contributed by atoms with Crippen molar-refractivity contribution in [3.05, 3.63) is 58.4 Å². The highest BCUT2D eigenvalue weighted by atomic mass is 32.2. The Morgan fingerprint density at radius 2 is 2.19 bits per heavy atom. The molecule has 1 N–H and O–H groups in total. The lowest BCUT2D eigenvalue weighted by molar-refractivity contribution is -0.387. The van der Waals surface area contributed by atoms with Crippen molar-refractivity contribution in [2.45, 2.75) is 10.9 Å². The Morgan fingerprint density at radius 3 is 2.85 bits per heavy atom. The average Bonchev–Trinajstić information content (AvgIpc) is 2.68. The standard InChI is InChI=1S/C16H18N4O5S/c1-25-13-4-5-16(14(9-13)20(21)22)26(23,24)19-8-7-18-11-15(19)12-3-2-6-17-10-12/h2-6,9-10,15,18H,7-8,11H2,1H3. The zero-order valence-electron chi connectivity index (χ0n) is 14.0. The maximum atomic E-state index is 13.2. The predicted octanol–water partition coefficient (Wildman–Crippen LogP) is 1.33. The van der Waals surface area contributed by atoms with Crippen LogP contribution in [0, 0.1) is 10.1 Å². The molecule has 9 nitrogen and oxygen atoms in total. The number of nitrogens with one attached hydrogen (secondary N) is 1. The van der Waals surface area contributed by atoms with E-state index in [0.29, 0.717) is 13.1 Å². The van der Waals surface area contributed by atoms with Gasteiger partial charge in [0.25, 0.3) is 15.7 Å². The number of hydrogen-bond donors (Lipinski definition) is 1. The first-order valence-corrected chi connectivity index (χ1v) is 9.34. The number of benzene rings is 1. The summed E-state index contributed by atoms with van der Waals surface area (Å²) in [5.74, 6) is 0.222. The molecule has 1 aliphatic rings. The van der Waals surface area contributed by atoms with Gasteiger partial charge in [-0.1, -0.05) is 6.07 Å². The van der Waals surface area contributed by atoms with Gasteiger partial charge >= 0.3 is 0 Å². The molecule has 1 aliphatic heterocycles. The third-order valence-corrected chi connectivity index (χ3v) is 6.17. The third-order valence-electron chi connectivity index (χ3n) is 4.21. The maximum Gasteiger partial charge on any atom is 0.293 e. The van der Waals surface area contributed by atoms with Crippen LogP contribution >= 0.6 is 0 Å². The molecule has 138 valence electrons. The molecule has 0 bridgehead atoms. The number of pyridine rings is 1. The molecule has 0 radical (unpaired) electrons. The summed E-state index contributed by atoms with van der Waals surface area (Å²) in [5, 5.41) is 14.6. The summed E-state index contributed by atoms with van der Waals surface area (Å²) in [4.78, 5) is 14.4. The molecule has 1 atom stereocenters. The fraction of sp³-hybridized carbons (Fsp3) is 0.312. The van der Waals surface area contributed by atoms with Gasteiger partial charge in [-0.3, -0.25) is 15.1 Å². The van der Waals surface area contributed by atoms with Crippen LogP contribution in [0.4, 0.5) is 5.69 Å². The summed E-state index contributed by atoms with van der Waals surface area (Å²) in [6.07, 6.45) is 3.20. The molecule has 0 saturated carbocycles. The van der Waals surface area contributed by atoms with E-state index in [4.69, 9.17) is 4.74 Å². The van der Waals surface area contributed by atoms with Gasteiger partial charge in [0.2, 0.25) is 0 Å². The molecule has 1 aromatic carbocycles. The van der Waals surface area contributed by atoms with Gasteiger partial charge in [-0.15, -0.1) is 0 Å². The fourth-order valence-electron chi connectivity index (χ4n) is 2.94. The monoisotopic (exact) mass is 378 g/mol. The van der Waals surface area contributed by atoms with Crippen molar-refractivity contribution in [2.24, 2.45) is 0 Å². The molecule has 10 heteroatoms. The molecule has 2 aromatic rings. The van der Waals surface area contributed by atoms with Crippen molar-refractivity contribution in [2.75, 3.05) is 26.7 Å². The summed E-state index contributed by atoms with van der Waals surface area (Å²) in [7, 11) is -2.73. The van der Waals surface area contributed by atoms with Gasteiger partial charge in [0.15, 0.2) is 4.90 Å². The van der Waals surface area contributed by atoms with Crippen molar-refractivity contribution >= 4 is 15.7 Å². The second-order valence-corrected chi connectivity index (χ2v) is 7.57. The highest BCUT2D eigenvalue weighted by Crippen LogP contribution is 2.34. The number of rotatable bonds is 5. The molecular weight excluding hydrogens is 360 g/mol. The topological polar surface area (TPSA) is 115 Å². The molecule has 0 amide bonds. The van der Waals surface area contributed by atoms with Crippen LogP contribution in [-0.4, -0.2) is 49.4 Å². The van der Waals surface area contributed by atoms with Gasteiger partial charge in [-0.05, 0) is 23.8 Å². The largest absolute Gasteiger partial charge is 0.497 e. The number of nitro groups is 1. The van der Waals surface area contributed by atoms with E-state index in [1.165, 1.54) is 23.5 Å². The van der Waals surface area contributed by atoms with E-state index in [-0.39, 0.29) is 17.2 Å². The van der Waals surface area contributed by atoms with E-state index in [1.54, 1.807) is 24.5 Å². The van der Waals surface area contributed by atoms with Crippen LogP contribution in [0.15, 0.2) is 47.6 Å². The third kappa shape index (κ3) is 3.39. The van der Waals surface area contributed by atoms with E-state index < -0.39 is 26.7 Å².